The molecule has 4 rings (SSSR count). The van der Waals surface area contributed by atoms with Crippen LogP contribution in [-0.2, 0) is 17.8 Å². The molecule has 0 spiro atoms. The molecule has 1 aromatic heterocycles. The summed E-state index contributed by atoms with van der Waals surface area (Å²) in [6, 6.07) is 13.8. The average Bonchev–Trinajstić information content (AvgIpc) is 2.67. The van der Waals surface area contributed by atoms with E-state index < -0.39 is 0 Å². The smallest absolute Gasteiger partial charge is 0.260 e. The number of rotatable bonds is 3. The Morgan fingerprint density at radius 3 is 2.88 bits per heavy atom. The molecule has 0 bridgehead atoms. The number of amides is 1. The highest BCUT2D eigenvalue weighted by Crippen LogP contribution is 2.34. The Balaban J connectivity index is 1.51. The van der Waals surface area contributed by atoms with Crippen LogP contribution >= 0.6 is 34.2 Å². The zero-order chi connectivity index (χ0) is 18.1. The number of pyridine rings is 1. The molecule has 0 aliphatic carbocycles. The largest absolute Gasteiger partial charge is 0.480 e. The molecule has 0 radical (unpaired) electrons. The first-order valence-electron chi connectivity index (χ1n) is 8.33. The van der Waals surface area contributed by atoms with Gasteiger partial charge in [0.05, 0.1) is 8.59 Å². The number of fused-ring (bicyclic) bond motifs is 2. The van der Waals surface area contributed by atoms with Crippen molar-refractivity contribution in [1.82, 2.24) is 9.88 Å². The maximum Gasteiger partial charge on any atom is 0.260 e. The minimum absolute atomic E-state index is 0.00846. The third-order valence-electron chi connectivity index (χ3n) is 4.57. The van der Waals surface area contributed by atoms with E-state index in [1.165, 1.54) is 11.1 Å². The van der Waals surface area contributed by atoms with Gasteiger partial charge in [0.2, 0.25) is 0 Å². The van der Waals surface area contributed by atoms with E-state index in [2.05, 4.69) is 39.7 Å². The molecule has 1 aliphatic rings. The first-order valence-corrected chi connectivity index (χ1v) is 9.79. The first-order chi connectivity index (χ1) is 12.6. The maximum absolute atomic E-state index is 12.6. The van der Waals surface area contributed by atoms with Crippen molar-refractivity contribution in [3.8, 4) is 5.75 Å². The molecule has 1 aliphatic heterocycles. The fraction of sp³-hybridized carbons (Fsp3) is 0.200. The molecule has 0 fully saturated rings. The molecule has 1 amide bonds. The van der Waals surface area contributed by atoms with Crippen LogP contribution < -0.4 is 4.74 Å². The Bertz CT molecular complexity index is 993. The third-order valence-corrected chi connectivity index (χ3v) is 5.69. The lowest BCUT2D eigenvalue weighted by Gasteiger charge is -2.28. The summed E-state index contributed by atoms with van der Waals surface area (Å²) in [5, 5.41) is 1.45. The van der Waals surface area contributed by atoms with Crippen molar-refractivity contribution < 1.29 is 9.53 Å². The number of benzene rings is 2. The quantitative estimate of drug-likeness (QED) is 0.522. The fourth-order valence-corrected chi connectivity index (χ4v) is 4.39. The second-order valence-electron chi connectivity index (χ2n) is 6.19. The second kappa shape index (κ2) is 7.40. The lowest BCUT2D eigenvalue weighted by atomic mass is 10.00. The third kappa shape index (κ3) is 3.38. The van der Waals surface area contributed by atoms with Gasteiger partial charge in [-0.05, 0) is 58.3 Å². The van der Waals surface area contributed by atoms with Crippen LogP contribution in [0.3, 0.4) is 0 Å². The highest BCUT2D eigenvalue weighted by atomic mass is 127. The first kappa shape index (κ1) is 17.5. The minimum Gasteiger partial charge on any atom is -0.480 e. The lowest BCUT2D eigenvalue weighted by molar-refractivity contribution is -0.134. The number of carbonyl (C=O) groups is 1. The number of halogens is 2. The Hall–Kier alpha value is -1.86. The number of hydrogen-bond acceptors (Lipinski definition) is 3. The normalized spacial score (nSPS) is 13.5. The van der Waals surface area contributed by atoms with Gasteiger partial charge >= 0.3 is 0 Å². The van der Waals surface area contributed by atoms with Crippen LogP contribution in [-0.4, -0.2) is 28.9 Å². The van der Waals surface area contributed by atoms with Gasteiger partial charge < -0.3 is 9.64 Å². The molecule has 132 valence electrons. The van der Waals surface area contributed by atoms with Gasteiger partial charge in [-0.25, -0.2) is 0 Å². The number of nitrogens with zero attached hydrogens (tertiary/aromatic N) is 2. The lowest BCUT2D eigenvalue weighted by Crippen LogP contribution is -2.38. The molecule has 2 heterocycles. The van der Waals surface area contributed by atoms with Crippen LogP contribution in [0.2, 0.25) is 5.02 Å². The average molecular weight is 479 g/mol. The van der Waals surface area contributed by atoms with Crippen molar-refractivity contribution in [2.75, 3.05) is 13.2 Å². The minimum atomic E-state index is -0.0191. The van der Waals surface area contributed by atoms with Gasteiger partial charge in [0.15, 0.2) is 12.4 Å². The molecule has 6 heteroatoms. The van der Waals surface area contributed by atoms with Crippen molar-refractivity contribution in [3.63, 3.8) is 0 Å². The van der Waals surface area contributed by atoms with Gasteiger partial charge in [0.25, 0.3) is 5.91 Å². The zero-order valence-electron chi connectivity index (χ0n) is 13.9. The van der Waals surface area contributed by atoms with Crippen LogP contribution in [0.25, 0.3) is 10.9 Å². The van der Waals surface area contributed by atoms with Crippen LogP contribution in [0, 0.1) is 3.57 Å². The van der Waals surface area contributed by atoms with Gasteiger partial charge in [0, 0.05) is 24.7 Å². The van der Waals surface area contributed by atoms with Gasteiger partial charge in [-0.1, -0.05) is 35.9 Å². The molecule has 0 saturated heterocycles. The van der Waals surface area contributed by atoms with E-state index >= 15 is 0 Å². The summed E-state index contributed by atoms with van der Waals surface area (Å²) in [6.07, 6.45) is 2.58. The van der Waals surface area contributed by atoms with E-state index in [0.717, 1.165) is 21.9 Å². The molecule has 0 N–H and O–H groups in total. The number of aromatic nitrogens is 1. The highest BCUT2D eigenvalue weighted by molar-refractivity contribution is 14.1. The summed E-state index contributed by atoms with van der Waals surface area (Å²) in [5.41, 5.74) is 3.21. The fourth-order valence-electron chi connectivity index (χ4n) is 3.22. The molecule has 3 aromatic rings. The summed E-state index contributed by atoms with van der Waals surface area (Å²) in [7, 11) is 0. The molecule has 26 heavy (non-hydrogen) atoms. The Morgan fingerprint density at radius 1 is 1.23 bits per heavy atom. The maximum atomic E-state index is 12.6. The van der Waals surface area contributed by atoms with E-state index in [1.807, 2.05) is 35.2 Å². The summed E-state index contributed by atoms with van der Waals surface area (Å²) in [6.45, 7) is 1.34. The van der Waals surface area contributed by atoms with E-state index in [0.29, 0.717) is 22.8 Å². The van der Waals surface area contributed by atoms with Gasteiger partial charge in [-0.2, -0.15) is 0 Å². The molecule has 0 unspecified atom stereocenters. The Kier molecular flexibility index (Phi) is 5.00. The van der Waals surface area contributed by atoms with Gasteiger partial charge in [-0.15, -0.1) is 0 Å². The van der Waals surface area contributed by atoms with Gasteiger partial charge in [0.1, 0.15) is 5.52 Å². The molecule has 0 atom stereocenters. The van der Waals surface area contributed by atoms with Crippen LogP contribution in [0.5, 0.6) is 5.75 Å². The zero-order valence-corrected chi connectivity index (χ0v) is 16.8. The predicted octanol–water partition coefficient (Wildman–Crippen LogP) is 4.46. The Labute approximate surface area is 170 Å². The van der Waals surface area contributed by atoms with Crippen molar-refractivity contribution >= 4 is 51.0 Å². The molecular formula is C20H16ClIN2O2. The van der Waals surface area contributed by atoms with Crippen molar-refractivity contribution in [1.29, 1.82) is 0 Å². The summed E-state index contributed by atoms with van der Waals surface area (Å²) in [5.74, 6) is 0.589. The predicted molar refractivity (Wildman–Crippen MR) is 111 cm³/mol. The molecular weight excluding hydrogens is 463 g/mol. The van der Waals surface area contributed by atoms with Crippen molar-refractivity contribution in [3.05, 3.63) is 68.4 Å². The molecule has 4 nitrogen and oxygen atoms in total. The van der Waals surface area contributed by atoms with Gasteiger partial charge in [-0.3, -0.25) is 9.78 Å². The number of carbonyl (C=O) groups excluding carboxylic acids is 1. The standard InChI is InChI=1S/C20H16ClIN2O2/c21-16-10-17(22)20(19-15(16)6-3-8-23-19)26-12-18(25)24-9-7-13-4-1-2-5-14(13)11-24/h1-6,8,10H,7,9,11-12H2. The van der Waals surface area contributed by atoms with E-state index in [1.54, 1.807) is 6.20 Å². The van der Waals surface area contributed by atoms with Crippen molar-refractivity contribution in [2.24, 2.45) is 0 Å². The van der Waals surface area contributed by atoms with Crippen LogP contribution in [0.15, 0.2) is 48.7 Å². The number of hydrogen-bond donors (Lipinski definition) is 0. The SMILES string of the molecule is O=C(COc1c(I)cc(Cl)c2cccnc12)N1CCc2ccccc2C1. The Morgan fingerprint density at radius 2 is 2.04 bits per heavy atom. The van der Waals surface area contributed by atoms with E-state index in [4.69, 9.17) is 16.3 Å². The summed E-state index contributed by atoms with van der Waals surface area (Å²) < 4.78 is 6.73. The number of ether oxygens (including phenoxy) is 1. The monoisotopic (exact) mass is 478 g/mol. The van der Waals surface area contributed by atoms with Crippen LogP contribution in [0.4, 0.5) is 0 Å². The summed E-state index contributed by atoms with van der Waals surface area (Å²) in [4.78, 5) is 18.9. The molecule has 2 aromatic carbocycles. The van der Waals surface area contributed by atoms with Crippen LogP contribution in [0.1, 0.15) is 11.1 Å². The highest BCUT2D eigenvalue weighted by Gasteiger charge is 2.21. The second-order valence-corrected chi connectivity index (χ2v) is 7.76. The van der Waals surface area contributed by atoms with E-state index in [-0.39, 0.29) is 12.5 Å². The van der Waals surface area contributed by atoms with E-state index in [9.17, 15) is 4.79 Å². The summed E-state index contributed by atoms with van der Waals surface area (Å²) >= 11 is 8.45. The van der Waals surface area contributed by atoms with Crippen molar-refractivity contribution in [2.45, 2.75) is 13.0 Å². The topological polar surface area (TPSA) is 42.4 Å². The molecule has 0 saturated carbocycles.